The van der Waals surface area contributed by atoms with Crippen molar-refractivity contribution in [1.29, 1.82) is 0 Å². The zero-order valence-electron chi connectivity index (χ0n) is 19.3. The number of ether oxygens (including phenoxy) is 3. The summed E-state index contributed by atoms with van der Waals surface area (Å²) in [6, 6.07) is 12.6. The van der Waals surface area contributed by atoms with Gasteiger partial charge in [0.05, 0.1) is 30.7 Å². The number of aromatic nitrogens is 1. The van der Waals surface area contributed by atoms with Gasteiger partial charge in [-0.25, -0.2) is 8.42 Å². The maximum atomic E-state index is 12.6. The molecule has 0 aliphatic carbocycles. The molecule has 1 amide bonds. The Morgan fingerprint density at radius 2 is 1.94 bits per heavy atom. The molecule has 0 unspecified atom stereocenters. The second-order valence-electron chi connectivity index (χ2n) is 8.01. The van der Waals surface area contributed by atoms with Gasteiger partial charge < -0.3 is 24.1 Å². The van der Waals surface area contributed by atoms with Gasteiger partial charge in [0.15, 0.2) is 6.61 Å². The van der Waals surface area contributed by atoms with Gasteiger partial charge in [0.2, 0.25) is 10.0 Å². The molecule has 4 rings (SSSR count). The van der Waals surface area contributed by atoms with Crippen molar-refractivity contribution in [3.05, 3.63) is 48.7 Å². The summed E-state index contributed by atoms with van der Waals surface area (Å²) in [7, 11) is -0.266. The fraction of sp³-hybridized carbons (Fsp3) is 0.375. The van der Waals surface area contributed by atoms with Gasteiger partial charge >= 0.3 is 0 Å². The van der Waals surface area contributed by atoms with Gasteiger partial charge in [0.25, 0.3) is 5.91 Å². The van der Waals surface area contributed by atoms with Gasteiger partial charge in [-0.3, -0.25) is 9.10 Å². The Morgan fingerprint density at radius 3 is 2.71 bits per heavy atom. The van der Waals surface area contributed by atoms with Crippen molar-refractivity contribution in [1.82, 2.24) is 4.57 Å². The Labute approximate surface area is 199 Å². The Kier molecular flexibility index (Phi) is 7.28. The third-order valence-electron chi connectivity index (χ3n) is 5.75. The number of carbonyl (C=O) groups excluding carboxylic acids is 1. The average Bonchev–Trinajstić information content (AvgIpc) is 3.25. The summed E-state index contributed by atoms with van der Waals surface area (Å²) in [5.41, 5.74) is 1.88. The van der Waals surface area contributed by atoms with Crippen molar-refractivity contribution in [2.45, 2.75) is 19.4 Å². The first-order valence-electron chi connectivity index (χ1n) is 11.1. The van der Waals surface area contributed by atoms with E-state index in [9.17, 15) is 13.2 Å². The second kappa shape index (κ2) is 10.4. The number of methoxy groups -OCH3 is 2. The number of carbonyl (C=O) groups is 1. The molecule has 0 radical (unpaired) electrons. The monoisotopic (exact) mass is 487 g/mol. The average molecular weight is 488 g/mol. The minimum absolute atomic E-state index is 0.0965. The number of amides is 1. The topological polar surface area (TPSA) is 99.1 Å². The van der Waals surface area contributed by atoms with E-state index in [1.54, 1.807) is 25.3 Å². The number of anilines is 2. The predicted octanol–water partition coefficient (Wildman–Crippen LogP) is 3.24. The number of hydrogen-bond donors (Lipinski definition) is 1. The number of sulfonamides is 1. The van der Waals surface area contributed by atoms with E-state index in [-0.39, 0.29) is 18.3 Å². The van der Waals surface area contributed by atoms with Crippen LogP contribution < -0.4 is 19.1 Å². The standard InChI is InChI=1S/C24H29N3O6S/c1-31-14-13-26-12-10-19-20(26)6-5-7-22(19)33-17-24(28)25-18-8-9-23(32-2)21(16-18)27-11-3-4-15-34(27,29)30/h5-10,12,16H,3-4,11,13-15,17H2,1-2H3,(H,25,28). The van der Waals surface area contributed by atoms with E-state index in [0.717, 1.165) is 23.9 Å². The molecule has 34 heavy (non-hydrogen) atoms. The lowest BCUT2D eigenvalue weighted by atomic mass is 10.2. The van der Waals surface area contributed by atoms with Crippen molar-refractivity contribution >= 4 is 38.2 Å². The molecule has 1 fully saturated rings. The summed E-state index contributed by atoms with van der Waals surface area (Å²) in [6.07, 6.45) is 3.37. The summed E-state index contributed by atoms with van der Waals surface area (Å²) in [6.45, 7) is 1.51. The van der Waals surface area contributed by atoms with Crippen molar-refractivity contribution < 1.29 is 27.4 Å². The SMILES string of the molecule is COCCn1ccc2c(OCC(=O)Nc3ccc(OC)c(N4CCCCS4(=O)=O)c3)cccc21. The third-order valence-corrected chi connectivity index (χ3v) is 7.60. The molecule has 3 aromatic rings. The van der Waals surface area contributed by atoms with E-state index in [1.807, 2.05) is 30.5 Å². The van der Waals surface area contributed by atoms with E-state index >= 15 is 0 Å². The van der Waals surface area contributed by atoms with E-state index in [0.29, 0.717) is 42.4 Å². The molecule has 0 atom stereocenters. The first-order valence-corrected chi connectivity index (χ1v) is 12.7. The molecule has 182 valence electrons. The highest BCUT2D eigenvalue weighted by molar-refractivity contribution is 7.92. The van der Waals surface area contributed by atoms with Crippen molar-refractivity contribution in [2.75, 3.05) is 49.4 Å². The smallest absolute Gasteiger partial charge is 0.262 e. The summed E-state index contributed by atoms with van der Waals surface area (Å²) >= 11 is 0. The molecule has 9 nitrogen and oxygen atoms in total. The van der Waals surface area contributed by atoms with Crippen LogP contribution in [0.5, 0.6) is 11.5 Å². The molecule has 2 heterocycles. The zero-order valence-corrected chi connectivity index (χ0v) is 20.1. The van der Waals surface area contributed by atoms with Crippen molar-refractivity contribution in [3.63, 3.8) is 0 Å². The van der Waals surface area contributed by atoms with E-state index in [1.165, 1.54) is 11.4 Å². The molecule has 10 heteroatoms. The van der Waals surface area contributed by atoms with Gasteiger partial charge in [-0.05, 0) is 49.2 Å². The number of fused-ring (bicyclic) bond motifs is 1. The van der Waals surface area contributed by atoms with Crippen LogP contribution in [-0.4, -0.2) is 58.6 Å². The Balaban J connectivity index is 1.46. The quantitative estimate of drug-likeness (QED) is 0.498. The number of rotatable bonds is 9. The highest BCUT2D eigenvalue weighted by Gasteiger charge is 2.28. The van der Waals surface area contributed by atoms with Crippen LogP contribution in [0.3, 0.4) is 0 Å². The van der Waals surface area contributed by atoms with Gasteiger partial charge in [-0.1, -0.05) is 6.07 Å². The molecule has 0 saturated carbocycles. The number of benzene rings is 2. The summed E-state index contributed by atoms with van der Waals surface area (Å²) in [5.74, 6) is 0.788. The third kappa shape index (κ3) is 5.13. The Morgan fingerprint density at radius 1 is 1.09 bits per heavy atom. The van der Waals surface area contributed by atoms with Crippen LogP contribution in [0.25, 0.3) is 10.9 Å². The van der Waals surface area contributed by atoms with Gasteiger partial charge in [-0.15, -0.1) is 0 Å². The number of nitrogens with one attached hydrogen (secondary N) is 1. The molecule has 0 spiro atoms. The van der Waals surface area contributed by atoms with Crippen LogP contribution in [0.1, 0.15) is 12.8 Å². The van der Waals surface area contributed by atoms with Gasteiger partial charge in [0.1, 0.15) is 11.5 Å². The van der Waals surface area contributed by atoms with Gasteiger partial charge in [-0.2, -0.15) is 0 Å². The summed E-state index contributed by atoms with van der Waals surface area (Å²) in [5, 5.41) is 3.70. The minimum atomic E-state index is -3.42. The minimum Gasteiger partial charge on any atom is -0.495 e. The first kappa shape index (κ1) is 23.9. The first-order chi connectivity index (χ1) is 16.4. The maximum Gasteiger partial charge on any atom is 0.262 e. The predicted molar refractivity (Wildman–Crippen MR) is 131 cm³/mol. The molecule has 1 saturated heterocycles. The Bertz CT molecular complexity index is 1270. The fourth-order valence-electron chi connectivity index (χ4n) is 4.07. The highest BCUT2D eigenvalue weighted by Crippen LogP contribution is 2.35. The van der Waals surface area contributed by atoms with Crippen LogP contribution in [-0.2, 0) is 26.1 Å². The molecule has 1 aromatic heterocycles. The lowest BCUT2D eigenvalue weighted by Crippen LogP contribution is -2.38. The van der Waals surface area contributed by atoms with Crippen molar-refractivity contribution in [2.24, 2.45) is 0 Å². The largest absolute Gasteiger partial charge is 0.495 e. The lowest BCUT2D eigenvalue weighted by Gasteiger charge is -2.29. The second-order valence-corrected chi connectivity index (χ2v) is 10.0. The van der Waals surface area contributed by atoms with E-state index < -0.39 is 10.0 Å². The van der Waals surface area contributed by atoms with Crippen LogP contribution >= 0.6 is 0 Å². The van der Waals surface area contributed by atoms with Crippen LogP contribution in [0.15, 0.2) is 48.7 Å². The highest BCUT2D eigenvalue weighted by atomic mass is 32.2. The zero-order chi connectivity index (χ0) is 24.1. The lowest BCUT2D eigenvalue weighted by molar-refractivity contribution is -0.118. The molecular formula is C24H29N3O6S. The molecule has 0 bridgehead atoms. The molecule has 1 aliphatic heterocycles. The normalized spacial score (nSPS) is 15.3. The molecule has 2 aromatic carbocycles. The van der Waals surface area contributed by atoms with E-state index in [2.05, 4.69) is 9.88 Å². The maximum absolute atomic E-state index is 12.6. The summed E-state index contributed by atoms with van der Waals surface area (Å²) in [4.78, 5) is 12.6. The fourth-order valence-corrected chi connectivity index (χ4v) is 5.71. The van der Waals surface area contributed by atoms with Crippen LogP contribution in [0, 0.1) is 0 Å². The van der Waals surface area contributed by atoms with Crippen LogP contribution in [0.2, 0.25) is 0 Å². The van der Waals surface area contributed by atoms with Gasteiger partial charge in [0, 0.05) is 37.5 Å². The van der Waals surface area contributed by atoms with Crippen LogP contribution in [0.4, 0.5) is 11.4 Å². The molecule has 1 N–H and O–H groups in total. The molecule has 1 aliphatic rings. The number of nitrogens with zero attached hydrogens (tertiary/aromatic N) is 2. The Hall–Kier alpha value is -3.24. The van der Waals surface area contributed by atoms with E-state index in [4.69, 9.17) is 14.2 Å². The molecular weight excluding hydrogens is 458 g/mol. The van der Waals surface area contributed by atoms with Crippen molar-refractivity contribution in [3.8, 4) is 11.5 Å². The summed E-state index contributed by atoms with van der Waals surface area (Å²) < 4.78 is 44.9. The number of hydrogen-bond acceptors (Lipinski definition) is 6.